The third-order valence-corrected chi connectivity index (χ3v) is 5.05. The smallest absolute Gasteiger partial charge is 0.146 e. The van der Waals surface area contributed by atoms with Crippen molar-refractivity contribution in [1.82, 2.24) is 5.32 Å². The molecule has 1 N–H and O–H groups in total. The van der Waals surface area contributed by atoms with Gasteiger partial charge >= 0.3 is 0 Å². The quantitative estimate of drug-likeness (QED) is 0.912. The number of rotatable bonds is 4. The molecule has 1 atom stereocenters. The van der Waals surface area contributed by atoms with Crippen molar-refractivity contribution in [2.45, 2.75) is 38.4 Å². The molecule has 2 nitrogen and oxygen atoms in total. The fraction of sp³-hybridized carbons (Fsp3) is 0.600. The van der Waals surface area contributed by atoms with E-state index in [0.29, 0.717) is 12.1 Å². The number of hydrogen-bond donors (Lipinski definition) is 1. The molecule has 0 radical (unpaired) electrons. The Labute approximate surface area is 118 Å². The first-order valence-electron chi connectivity index (χ1n) is 7.10. The first-order chi connectivity index (χ1) is 9.24. The summed E-state index contributed by atoms with van der Waals surface area (Å²) in [5.41, 5.74) is 1.81. The van der Waals surface area contributed by atoms with Crippen molar-refractivity contribution in [1.29, 1.82) is 0 Å². The Morgan fingerprint density at radius 1 is 1.42 bits per heavy atom. The van der Waals surface area contributed by atoms with Crippen LogP contribution in [0.3, 0.4) is 0 Å². The van der Waals surface area contributed by atoms with E-state index in [-0.39, 0.29) is 5.82 Å². The number of nitrogens with zero attached hydrogens (tertiary/aromatic N) is 1. The predicted octanol–water partition coefficient (Wildman–Crippen LogP) is 3.02. The minimum atomic E-state index is -0.0751. The molecule has 0 aromatic heterocycles. The van der Waals surface area contributed by atoms with Crippen molar-refractivity contribution >= 4 is 17.4 Å². The van der Waals surface area contributed by atoms with Crippen molar-refractivity contribution in [3.63, 3.8) is 0 Å². The van der Waals surface area contributed by atoms with Gasteiger partial charge in [0.25, 0.3) is 0 Å². The second kappa shape index (κ2) is 5.71. The van der Waals surface area contributed by atoms with Crippen LogP contribution in [0.5, 0.6) is 0 Å². The molecule has 1 aliphatic carbocycles. The molecule has 0 bridgehead atoms. The number of anilines is 1. The van der Waals surface area contributed by atoms with Crippen LogP contribution in [-0.4, -0.2) is 30.1 Å². The van der Waals surface area contributed by atoms with Gasteiger partial charge in [0.15, 0.2) is 0 Å². The fourth-order valence-corrected chi connectivity index (χ4v) is 3.54. The molecule has 1 aliphatic heterocycles. The van der Waals surface area contributed by atoms with E-state index in [1.54, 1.807) is 6.07 Å². The van der Waals surface area contributed by atoms with Crippen LogP contribution < -0.4 is 10.2 Å². The molecular formula is C15H21FN2S. The van der Waals surface area contributed by atoms with Crippen LogP contribution in [0, 0.1) is 5.82 Å². The standard InChI is InChI=1S/C15H21FN2S/c1-11-10-19-7-6-18(11)15-5-2-12(8-14(15)16)9-17-13-3-4-13/h2,5,8,11,13,17H,3-4,6-7,9-10H2,1H3. The van der Waals surface area contributed by atoms with E-state index in [9.17, 15) is 4.39 Å². The Morgan fingerprint density at radius 3 is 2.95 bits per heavy atom. The molecule has 104 valence electrons. The minimum Gasteiger partial charge on any atom is -0.365 e. The van der Waals surface area contributed by atoms with Gasteiger partial charge in [-0.05, 0) is 37.5 Å². The number of nitrogens with one attached hydrogen (secondary N) is 1. The lowest BCUT2D eigenvalue weighted by atomic mass is 10.1. The van der Waals surface area contributed by atoms with Crippen LogP contribution in [0.1, 0.15) is 25.3 Å². The van der Waals surface area contributed by atoms with Crippen molar-refractivity contribution in [2.75, 3.05) is 23.0 Å². The average Bonchev–Trinajstić information content (AvgIpc) is 3.22. The topological polar surface area (TPSA) is 15.3 Å². The largest absolute Gasteiger partial charge is 0.365 e. The van der Waals surface area contributed by atoms with Crippen molar-refractivity contribution in [3.05, 3.63) is 29.6 Å². The van der Waals surface area contributed by atoms with E-state index >= 15 is 0 Å². The van der Waals surface area contributed by atoms with Gasteiger partial charge < -0.3 is 10.2 Å². The highest BCUT2D eigenvalue weighted by atomic mass is 32.2. The van der Waals surface area contributed by atoms with E-state index < -0.39 is 0 Å². The lowest BCUT2D eigenvalue weighted by Crippen LogP contribution is -2.40. The monoisotopic (exact) mass is 280 g/mol. The third-order valence-electron chi connectivity index (χ3n) is 3.86. The summed E-state index contributed by atoms with van der Waals surface area (Å²) in [6, 6.07) is 6.79. The molecule has 1 heterocycles. The molecule has 2 aliphatic rings. The lowest BCUT2D eigenvalue weighted by Gasteiger charge is -2.35. The molecule has 1 aromatic carbocycles. The highest BCUT2D eigenvalue weighted by molar-refractivity contribution is 7.99. The Kier molecular flexibility index (Phi) is 3.99. The maximum atomic E-state index is 14.3. The van der Waals surface area contributed by atoms with Crippen LogP contribution in [0.25, 0.3) is 0 Å². The van der Waals surface area contributed by atoms with Crippen LogP contribution in [0.2, 0.25) is 0 Å². The van der Waals surface area contributed by atoms with Gasteiger partial charge in [-0.2, -0.15) is 11.8 Å². The summed E-state index contributed by atoms with van der Waals surface area (Å²) in [5.74, 6) is 2.10. The van der Waals surface area contributed by atoms with Gasteiger partial charge in [0.05, 0.1) is 5.69 Å². The van der Waals surface area contributed by atoms with E-state index in [0.717, 1.165) is 35.8 Å². The van der Waals surface area contributed by atoms with Gasteiger partial charge in [-0.1, -0.05) is 6.07 Å². The predicted molar refractivity (Wildman–Crippen MR) is 80.4 cm³/mol. The molecule has 0 amide bonds. The summed E-state index contributed by atoms with van der Waals surface area (Å²) in [6.07, 6.45) is 2.53. The van der Waals surface area contributed by atoms with Crippen molar-refractivity contribution in [3.8, 4) is 0 Å². The van der Waals surface area contributed by atoms with E-state index in [4.69, 9.17) is 0 Å². The summed E-state index contributed by atoms with van der Waals surface area (Å²) in [4.78, 5) is 2.20. The van der Waals surface area contributed by atoms with Gasteiger partial charge in [0, 0.05) is 36.7 Å². The first kappa shape index (κ1) is 13.3. The second-order valence-corrected chi connectivity index (χ2v) is 6.71. The van der Waals surface area contributed by atoms with E-state index in [1.165, 1.54) is 12.8 Å². The summed E-state index contributed by atoms with van der Waals surface area (Å²) in [6.45, 7) is 3.91. The zero-order valence-electron chi connectivity index (χ0n) is 11.4. The van der Waals surface area contributed by atoms with Crippen LogP contribution in [0.4, 0.5) is 10.1 Å². The molecule has 19 heavy (non-hydrogen) atoms. The summed E-state index contributed by atoms with van der Waals surface area (Å²) < 4.78 is 14.3. The van der Waals surface area contributed by atoms with Gasteiger partial charge in [-0.3, -0.25) is 0 Å². The number of halogens is 1. The summed E-state index contributed by atoms with van der Waals surface area (Å²) in [7, 11) is 0. The molecule has 1 saturated carbocycles. The second-order valence-electron chi connectivity index (χ2n) is 5.56. The molecule has 0 spiro atoms. The van der Waals surface area contributed by atoms with E-state index in [1.807, 2.05) is 17.8 Å². The van der Waals surface area contributed by atoms with Crippen LogP contribution in [-0.2, 0) is 6.54 Å². The molecule has 1 saturated heterocycles. The average molecular weight is 280 g/mol. The molecule has 4 heteroatoms. The summed E-state index contributed by atoms with van der Waals surface area (Å²) in [5, 5.41) is 3.42. The van der Waals surface area contributed by atoms with Crippen molar-refractivity contribution < 1.29 is 4.39 Å². The van der Waals surface area contributed by atoms with E-state index in [2.05, 4.69) is 23.2 Å². The van der Waals surface area contributed by atoms with Gasteiger partial charge in [0.2, 0.25) is 0 Å². The molecule has 2 fully saturated rings. The van der Waals surface area contributed by atoms with Gasteiger partial charge in [-0.25, -0.2) is 4.39 Å². The summed E-state index contributed by atoms with van der Waals surface area (Å²) >= 11 is 1.95. The zero-order valence-corrected chi connectivity index (χ0v) is 12.2. The lowest BCUT2D eigenvalue weighted by molar-refractivity contribution is 0.598. The Hall–Kier alpha value is -0.740. The highest BCUT2D eigenvalue weighted by Gasteiger charge is 2.22. The maximum Gasteiger partial charge on any atom is 0.146 e. The van der Waals surface area contributed by atoms with Gasteiger partial charge in [0.1, 0.15) is 5.82 Å². The highest BCUT2D eigenvalue weighted by Crippen LogP contribution is 2.27. The Morgan fingerprint density at radius 2 is 2.26 bits per heavy atom. The molecule has 3 rings (SSSR count). The van der Waals surface area contributed by atoms with Crippen LogP contribution in [0.15, 0.2) is 18.2 Å². The third kappa shape index (κ3) is 3.23. The maximum absolute atomic E-state index is 14.3. The molecule has 1 unspecified atom stereocenters. The van der Waals surface area contributed by atoms with Crippen molar-refractivity contribution in [2.24, 2.45) is 0 Å². The number of benzene rings is 1. The van der Waals surface area contributed by atoms with Gasteiger partial charge in [-0.15, -0.1) is 0 Å². The normalized spacial score (nSPS) is 23.7. The Bertz CT molecular complexity index is 448. The Balaban J connectivity index is 1.70. The first-order valence-corrected chi connectivity index (χ1v) is 8.25. The van der Waals surface area contributed by atoms with Crippen LogP contribution >= 0.6 is 11.8 Å². The number of hydrogen-bond acceptors (Lipinski definition) is 3. The molecular weight excluding hydrogens is 259 g/mol. The minimum absolute atomic E-state index is 0.0751. The molecule has 1 aromatic rings. The fourth-order valence-electron chi connectivity index (χ4n) is 2.53. The zero-order chi connectivity index (χ0) is 13.2. The SMILES string of the molecule is CC1CSCCN1c1ccc(CNC2CC2)cc1F. The number of thioether (sulfide) groups is 1.